The molecule has 0 bridgehead atoms. The van der Waals surface area contributed by atoms with E-state index in [4.69, 9.17) is 11.6 Å². The number of hydrogen-bond acceptors (Lipinski definition) is 2. The molecule has 0 fully saturated rings. The number of carbonyl (C=O) groups excluding carboxylic acids is 1. The largest absolute Gasteiger partial charge is 0.356 e. The Kier molecular flexibility index (Phi) is 5.50. The molecule has 0 aromatic heterocycles. The lowest BCUT2D eigenvalue weighted by atomic mass is 10.2. The van der Waals surface area contributed by atoms with Crippen molar-refractivity contribution >= 4 is 40.6 Å². The van der Waals surface area contributed by atoms with Crippen LogP contribution in [0.1, 0.15) is 5.56 Å². The predicted octanol–water partition coefficient (Wildman–Crippen LogP) is 5.65. The van der Waals surface area contributed by atoms with Gasteiger partial charge in [0.1, 0.15) is 5.03 Å². The predicted molar refractivity (Wildman–Crippen MR) is 105 cm³/mol. The maximum Gasteiger partial charge on any atom is 0.267 e. The number of nitrogens with one attached hydrogen (secondary N) is 2. The molecule has 25 heavy (non-hydrogen) atoms. The molecule has 4 heteroatoms. The van der Waals surface area contributed by atoms with E-state index in [2.05, 4.69) is 10.6 Å². The van der Waals surface area contributed by atoms with Gasteiger partial charge in [0.2, 0.25) is 0 Å². The van der Waals surface area contributed by atoms with Gasteiger partial charge in [-0.25, -0.2) is 0 Å². The van der Waals surface area contributed by atoms with Crippen LogP contribution in [0, 0.1) is 0 Å². The Balaban J connectivity index is 1.63. The molecule has 0 aliphatic rings. The molecule has 3 aromatic rings. The Hall–Kier alpha value is -3.04. The summed E-state index contributed by atoms with van der Waals surface area (Å²) in [6.07, 6.45) is 1.64. The van der Waals surface area contributed by atoms with Gasteiger partial charge >= 0.3 is 0 Å². The van der Waals surface area contributed by atoms with Gasteiger partial charge < -0.3 is 10.6 Å². The van der Waals surface area contributed by atoms with E-state index in [1.54, 1.807) is 6.08 Å². The molecule has 0 radical (unpaired) electrons. The van der Waals surface area contributed by atoms with Crippen LogP contribution in [0.15, 0.2) is 90.0 Å². The molecule has 0 unspecified atom stereocenters. The molecule has 0 saturated heterocycles. The van der Waals surface area contributed by atoms with E-state index in [0.717, 1.165) is 16.9 Å². The normalized spacial score (nSPS) is 11.0. The number of halogens is 1. The van der Waals surface area contributed by atoms with Gasteiger partial charge in [0.15, 0.2) is 0 Å². The van der Waals surface area contributed by atoms with Crippen molar-refractivity contribution in [1.29, 1.82) is 0 Å². The second kappa shape index (κ2) is 8.18. The lowest BCUT2D eigenvalue weighted by molar-refractivity contribution is -0.112. The Morgan fingerprint density at radius 2 is 1.24 bits per heavy atom. The Labute approximate surface area is 152 Å². The van der Waals surface area contributed by atoms with Crippen LogP contribution < -0.4 is 10.6 Å². The molecule has 0 atom stereocenters. The summed E-state index contributed by atoms with van der Waals surface area (Å²) >= 11 is 6.09. The summed E-state index contributed by atoms with van der Waals surface area (Å²) in [4.78, 5) is 12.2. The van der Waals surface area contributed by atoms with Gasteiger partial charge in [-0.2, -0.15) is 0 Å². The van der Waals surface area contributed by atoms with Crippen molar-refractivity contribution in [3.05, 3.63) is 95.5 Å². The molecule has 0 aliphatic carbocycles. The number of hydrogen-bond donors (Lipinski definition) is 2. The van der Waals surface area contributed by atoms with Gasteiger partial charge in [0, 0.05) is 17.1 Å². The highest BCUT2D eigenvalue weighted by molar-refractivity contribution is 6.45. The van der Waals surface area contributed by atoms with Crippen LogP contribution >= 0.6 is 11.6 Å². The molecule has 2 N–H and O–H groups in total. The van der Waals surface area contributed by atoms with Gasteiger partial charge in [-0.1, -0.05) is 60.1 Å². The average molecular weight is 349 g/mol. The summed E-state index contributed by atoms with van der Waals surface area (Å²) in [5.74, 6) is -0.339. The lowest BCUT2D eigenvalue weighted by Gasteiger charge is -2.08. The second-order valence-corrected chi connectivity index (χ2v) is 5.83. The van der Waals surface area contributed by atoms with Crippen molar-refractivity contribution in [2.75, 3.05) is 10.6 Å². The molecule has 0 heterocycles. The van der Waals surface area contributed by atoms with E-state index < -0.39 is 0 Å². The summed E-state index contributed by atoms with van der Waals surface area (Å²) in [6.45, 7) is 0. The zero-order valence-electron chi connectivity index (χ0n) is 13.4. The first-order valence-corrected chi connectivity index (χ1v) is 8.24. The standard InChI is InChI=1S/C21H17ClN2O/c22-20(15-16-7-3-1-4-8-16)21(25)24-19-13-11-18(12-14-19)23-17-9-5-2-6-10-17/h1-15,23H,(H,24,25)/b20-15-. The van der Waals surface area contributed by atoms with Gasteiger partial charge in [-0.3, -0.25) is 4.79 Å². The molecule has 3 nitrogen and oxygen atoms in total. The molecule has 124 valence electrons. The van der Waals surface area contributed by atoms with Crippen LogP contribution in [-0.4, -0.2) is 5.91 Å². The fourth-order valence-corrected chi connectivity index (χ4v) is 2.45. The molecule has 0 aliphatic heterocycles. The van der Waals surface area contributed by atoms with Crippen molar-refractivity contribution in [2.45, 2.75) is 0 Å². The Morgan fingerprint density at radius 1 is 0.720 bits per heavy atom. The van der Waals surface area contributed by atoms with E-state index >= 15 is 0 Å². The minimum atomic E-state index is -0.339. The summed E-state index contributed by atoms with van der Waals surface area (Å²) in [5.41, 5.74) is 3.51. The van der Waals surface area contributed by atoms with Crippen LogP contribution in [0.2, 0.25) is 0 Å². The van der Waals surface area contributed by atoms with Crippen molar-refractivity contribution in [2.24, 2.45) is 0 Å². The van der Waals surface area contributed by atoms with Gasteiger partial charge in [-0.15, -0.1) is 0 Å². The summed E-state index contributed by atoms with van der Waals surface area (Å²) < 4.78 is 0. The highest BCUT2D eigenvalue weighted by atomic mass is 35.5. The maximum absolute atomic E-state index is 12.2. The van der Waals surface area contributed by atoms with Crippen LogP contribution in [-0.2, 0) is 4.79 Å². The van der Waals surface area contributed by atoms with Crippen molar-refractivity contribution in [3.8, 4) is 0 Å². The van der Waals surface area contributed by atoms with E-state index in [-0.39, 0.29) is 10.9 Å². The molecule has 0 spiro atoms. The first-order chi connectivity index (χ1) is 12.2. The van der Waals surface area contributed by atoms with Crippen LogP contribution in [0.4, 0.5) is 17.1 Å². The number of para-hydroxylation sites is 1. The first-order valence-electron chi connectivity index (χ1n) is 7.86. The van der Waals surface area contributed by atoms with Crippen LogP contribution in [0.25, 0.3) is 6.08 Å². The quantitative estimate of drug-likeness (QED) is 0.585. The van der Waals surface area contributed by atoms with Crippen molar-refractivity contribution < 1.29 is 4.79 Å². The summed E-state index contributed by atoms with van der Waals surface area (Å²) in [7, 11) is 0. The molecule has 0 saturated carbocycles. The highest BCUT2D eigenvalue weighted by Crippen LogP contribution is 2.20. The van der Waals surface area contributed by atoms with E-state index in [1.165, 1.54) is 0 Å². The zero-order chi connectivity index (χ0) is 17.5. The highest BCUT2D eigenvalue weighted by Gasteiger charge is 2.07. The number of rotatable bonds is 5. The second-order valence-electron chi connectivity index (χ2n) is 5.43. The van der Waals surface area contributed by atoms with Crippen molar-refractivity contribution in [1.82, 2.24) is 0 Å². The third-order valence-electron chi connectivity index (χ3n) is 3.52. The Morgan fingerprint density at radius 3 is 1.88 bits per heavy atom. The molecular formula is C21H17ClN2O. The number of carbonyl (C=O) groups is 1. The third-order valence-corrected chi connectivity index (χ3v) is 3.80. The van der Waals surface area contributed by atoms with E-state index in [0.29, 0.717) is 5.69 Å². The Bertz CT molecular complexity index is 859. The molecule has 1 amide bonds. The first kappa shape index (κ1) is 16.8. The summed E-state index contributed by atoms with van der Waals surface area (Å²) in [6, 6.07) is 26.8. The number of amides is 1. The van der Waals surface area contributed by atoms with Gasteiger partial charge in [0.05, 0.1) is 0 Å². The van der Waals surface area contributed by atoms with Crippen molar-refractivity contribution in [3.63, 3.8) is 0 Å². The van der Waals surface area contributed by atoms with Crippen LogP contribution in [0.5, 0.6) is 0 Å². The monoisotopic (exact) mass is 348 g/mol. The number of anilines is 3. The fourth-order valence-electron chi connectivity index (χ4n) is 2.28. The fraction of sp³-hybridized carbons (Fsp3) is 0. The molecular weight excluding hydrogens is 332 g/mol. The topological polar surface area (TPSA) is 41.1 Å². The van der Waals surface area contributed by atoms with E-state index in [9.17, 15) is 4.79 Å². The minimum absolute atomic E-state index is 0.137. The average Bonchev–Trinajstić information content (AvgIpc) is 2.65. The zero-order valence-corrected chi connectivity index (χ0v) is 14.2. The van der Waals surface area contributed by atoms with Crippen LogP contribution in [0.3, 0.4) is 0 Å². The molecule has 3 rings (SSSR count). The lowest BCUT2D eigenvalue weighted by Crippen LogP contribution is -2.11. The SMILES string of the molecule is O=C(Nc1ccc(Nc2ccccc2)cc1)/C(Cl)=C/c1ccccc1. The minimum Gasteiger partial charge on any atom is -0.356 e. The summed E-state index contributed by atoms with van der Waals surface area (Å²) in [5, 5.41) is 6.21. The van der Waals surface area contributed by atoms with Gasteiger partial charge in [-0.05, 0) is 48.0 Å². The smallest absolute Gasteiger partial charge is 0.267 e. The maximum atomic E-state index is 12.2. The van der Waals surface area contributed by atoms with E-state index in [1.807, 2.05) is 84.9 Å². The third kappa shape index (κ3) is 4.96. The van der Waals surface area contributed by atoms with Gasteiger partial charge in [0.25, 0.3) is 5.91 Å². The molecule has 3 aromatic carbocycles. The number of benzene rings is 3.